The molecule has 1 spiro atoms. The number of fused-ring (bicyclic) bond motifs is 5. The van der Waals surface area contributed by atoms with E-state index in [1.54, 1.807) is 11.1 Å². The van der Waals surface area contributed by atoms with Crippen LogP contribution >= 0.6 is 0 Å². The lowest BCUT2D eigenvalue weighted by Gasteiger charge is -2.39. The molecule has 0 saturated heterocycles. The van der Waals surface area contributed by atoms with Gasteiger partial charge in [-0.05, 0) is 141 Å². The molecule has 0 aliphatic heterocycles. The van der Waals surface area contributed by atoms with Crippen molar-refractivity contribution in [3.05, 3.63) is 257 Å². The Morgan fingerprint density at radius 1 is 0.438 bits per heavy atom. The quantitative estimate of drug-likeness (QED) is 0.142. The summed E-state index contributed by atoms with van der Waals surface area (Å²) >= 11 is 0. The summed E-state index contributed by atoms with van der Waals surface area (Å²) in [4.78, 5) is 2.53. The normalized spacial score (nSPS) is 18.7. The van der Waals surface area contributed by atoms with Crippen LogP contribution in [0.5, 0.6) is 0 Å². The molecule has 64 heavy (non-hydrogen) atoms. The van der Waals surface area contributed by atoms with Crippen LogP contribution in [0.25, 0.3) is 44.2 Å². The molecule has 4 atom stereocenters. The maximum atomic E-state index is 6.64. The van der Waals surface area contributed by atoms with Crippen molar-refractivity contribution in [3.8, 4) is 22.3 Å². The molecule has 2 heteroatoms. The first-order valence-corrected chi connectivity index (χ1v) is 23.0. The zero-order valence-electron chi connectivity index (χ0n) is 35.7. The number of anilines is 3. The number of hydrogen-bond acceptors (Lipinski definition) is 2. The second kappa shape index (κ2) is 14.9. The largest absolute Gasteiger partial charge is 0.456 e. The minimum atomic E-state index is -0.115. The summed E-state index contributed by atoms with van der Waals surface area (Å²) in [5, 5.41) is 2.32. The van der Waals surface area contributed by atoms with Crippen LogP contribution in [0.15, 0.2) is 223 Å². The Morgan fingerprint density at radius 2 is 0.984 bits per heavy atom. The van der Waals surface area contributed by atoms with Crippen LogP contribution in [-0.2, 0) is 18.3 Å². The van der Waals surface area contributed by atoms with Gasteiger partial charge in [-0.25, -0.2) is 0 Å². The monoisotopic (exact) mass is 821 g/mol. The van der Waals surface area contributed by atoms with Crippen molar-refractivity contribution in [3.63, 3.8) is 0 Å². The van der Waals surface area contributed by atoms with Crippen LogP contribution in [-0.4, -0.2) is 0 Å². The fraction of sp³-hybridized carbons (Fsp3) is 0.129. The van der Waals surface area contributed by atoms with Gasteiger partial charge in [-0.3, -0.25) is 0 Å². The molecule has 4 unspecified atom stereocenters. The van der Waals surface area contributed by atoms with Crippen molar-refractivity contribution < 1.29 is 4.42 Å². The van der Waals surface area contributed by atoms with Crippen LogP contribution < -0.4 is 4.90 Å². The van der Waals surface area contributed by atoms with Crippen molar-refractivity contribution in [2.75, 3.05) is 4.90 Å². The van der Waals surface area contributed by atoms with E-state index in [1.165, 1.54) is 80.0 Å². The fourth-order valence-electron chi connectivity index (χ4n) is 12.7. The van der Waals surface area contributed by atoms with Crippen LogP contribution in [0.3, 0.4) is 0 Å². The fourth-order valence-corrected chi connectivity index (χ4v) is 12.7. The first-order chi connectivity index (χ1) is 31.7. The zero-order chi connectivity index (χ0) is 42.2. The molecule has 9 aromatic carbocycles. The highest BCUT2D eigenvalue weighted by Crippen LogP contribution is 2.68. The first kappa shape index (κ1) is 37.2. The molecule has 1 fully saturated rings. The molecule has 3 aliphatic rings. The van der Waals surface area contributed by atoms with Crippen LogP contribution in [0.2, 0.25) is 0 Å². The maximum Gasteiger partial charge on any atom is 0.135 e. The van der Waals surface area contributed by atoms with E-state index in [-0.39, 0.29) is 11.3 Å². The van der Waals surface area contributed by atoms with Gasteiger partial charge in [0.15, 0.2) is 0 Å². The Kier molecular flexibility index (Phi) is 8.62. The molecular weight excluding hydrogens is 775 g/mol. The van der Waals surface area contributed by atoms with Gasteiger partial charge in [0, 0.05) is 33.5 Å². The minimum absolute atomic E-state index is 0.0177. The van der Waals surface area contributed by atoms with E-state index in [0.29, 0.717) is 11.8 Å². The number of hydrogen-bond donors (Lipinski definition) is 0. The van der Waals surface area contributed by atoms with Gasteiger partial charge in [-0.1, -0.05) is 176 Å². The van der Waals surface area contributed by atoms with E-state index in [4.69, 9.17) is 4.42 Å². The summed E-state index contributed by atoms with van der Waals surface area (Å²) in [5.41, 5.74) is 20.5. The molecule has 10 aromatic rings. The molecule has 306 valence electrons. The summed E-state index contributed by atoms with van der Waals surface area (Å²) in [6, 6.07) is 81.0. The molecular formula is C62H47NO. The summed E-state index contributed by atoms with van der Waals surface area (Å²) in [5.74, 6) is 1.04. The number of para-hydroxylation sites is 3. The Morgan fingerprint density at radius 3 is 1.67 bits per heavy atom. The minimum Gasteiger partial charge on any atom is -0.456 e. The van der Waals surface area contributed by atoms with Gasteiger partial charge in [-0.15, -0.1) is 0 Å². The van der Waals surface area contributed by atoms with Crippen molar-refractivity contribution >= 4 is 39.0 Å². The zero-order valence-corrected chi connectivity index (χ0v) is 35.7. The van der Waals surface area contributed by atoms with Crippen molar-refractivity contribution in [1.29, 1.82) is 0 Å². The number of benzene rings is 9. The van der Waals surface area contributed by atoms with E-state index in [2.05, 4.69) is 223 Å². The number of nitrogens with zero attached hydrogens (tertiary/aromatic N) is 1. The second-order valence-electron chi connectivity index (χ2n) is 18.3. The Hall–Kier alpha value is -7.42. The van der Waals surface area contributed by atoms with Crippen LogP contribution in [0.4, 0.5) is 17.1 Å². The SMILES string of the molecule is c1ccc(-c2ccccc2-c2ccc(C(c3ccc4c(c3)oc3ccccc34)c3cccc4c3C35c6c(cccc6N(c6ccccc6)c6ccccc6)CC3CCC5C4)cc2)cc1. The van der Waals surface area contributed by atoms with E-state index >= 15 is 0 Å². The molecule has 1 heterocycles. The van der Waals surface area contributed by atoms with E-state index < -0.39 is 0 Å². The first-order valence-electron chi connectivity index (χ1n) is 23.0. The molecule has 0 radical (unpaired) electrons. The molecule has 0 bridgehead atoms. The third kappa shape index (κ3) is 5.65. The van der Waals surface area contributed by atoms with E-state index in [1.807, 2.05) is 0 Å². The molecule has 1 saturated carbocycles. The van der Waals surface area contributed by atoms with Gasteiger partial charge >= 0.3 is 0 Å². The maximum absolute atomic E-state index is 6.64. The highest BCUT2D eigenvalue weighted by Gasteiger charge is 2.62. The summed E-state index contributed by atoms with van der Waals surface area (Å²) in [7, 11) is 0. The Bertz CT molecular complexity index is 3300. The molecule has 0 amide bonds. The van der Waals surface area contributed by atoms with Crippen molar-refractivity contribution in [2.45, 2.75) is 37.0 Å². The summed E-state index contributed by atoms with van der Waals surface area (Å²) < 4.78 is 6.64. The lowest BCUT2D eigenvalue weighted by atomic mass is 9.66. The third-order valence-electron chi connectivity index (χ3n) is 15.1. The topological polar surface area (TPSA) is 16.4 Å². The molecule has 1 aromatic heterocycles. The standard InChI is InChI=1S/C62H47NO/c1-4-16-41(17-5-1)51-24-10-11-25-52(51)42-30-32-43(33-31-42)59(44-34-37-54-53-26-12-13-29-57(53)64-58(54)40-44)55-27-14-18-45-38-47-35-36-48-39-46-19-15-28-56(61(46)62(47,48)60(45)55)63(49-20-6-2-7-21-49)50-22-8-3-9-23-50/h1-34,37,40,47-48,59H,35-36,38-39H2. The highest BCUT2D eigenvalue weighted by atomic mass is 16.3. The predicted octanol–water partition coefficient (Wildman–Crippen LogP) is 16.0. The van der Waals surface area contributed by atoms with E-state index in [0.717, 1.165) is 34.8 Å². The molecule has 13 rings (SSSR count). The van der Waals surface area contributed by atoms with Gasteiger partial charge in [0.05, 0.1) is 5.69 Å². The van der Waals surface area contributed by atoms with E-state index in [9.17, 15) is 0 Å². The predicted molar refractivity (Wildman–Crippen MR) is 264 cm³/mol. The van der Waals surface area contributed by atoms with Gasteiger partial charge in [-0.2, -0.15) is 0 Å². The van der Waals surface area contributed by atoms with Gasteiger partial charge < -0.3 is 9.32 Å². The lowest BCUT2D eigenvalue weighted by Crippen LogP contribution is -2.34. The molecule has 0 N–H and O–H groups in total. The van der Waals surface area contributed by atoms with Gasteiger partial charge in [0.2, 0.25) is 0 Å². The Balaban J connectivity index is 1.03. The number of furan rings is 1. The van der Waals surface area contributed by atoms with Gasteiger partial charge in [0.1, 0.15) is 11.2 Å². The second-order valence-corrected chi connectivity index (χ2v) is 18.3. The lowest BCUT2D eigenvalue weighted by molar-refractivity contribution is 0.347. The van der Waals surface area contributed by atoms with Gasteiger partial charge in [0.25, 0.3) is 0 Å². The average Bonchev–Trinajstić information content (AvgIpc) is 4.10. The average molecular weight is 822 g/mol. The number of rotatable bonds is 8. The van der Waals surface area contributed by atoms with Crippen LogP contribution in [0, 0.1) is 11.8 Å². The highest BCUT2D eigenvalue weighted by molar-refractivity contribution is 6.05. The Labute approximate surface area is 375 Å². The van der Waals surface area contributed by atoms with Crippen molar-refractivity contribution in [2.24, 2.45) is 11.8 Å². The smallest absolute Gasteiger partial charge is 0.135 e. The summed E-state index contributed by atoms with van der Waals surface area (Å²) in [6.45, 7) is 0. The molecule has 3 aliphatic carbocycles. The summed E-state index contributed by atoms with van der Waals surface area (Å²) in [6.07, 6.45) is 4.70. The van der Waals surface area contributed by atoms with Crippen molar-refractivity contribution in [1.82, 2.24) is 0 Å². The third-order valence-corrected chi connectivity index (χ3v) is 15.1. The van der Waals surface area contributed by atoms with Crippen LogP contribution in [0.1, 0.15) is 57.7 Å². The molecule has 2 nitrogen and oxygen atoms in total.